The van der Waals surface area contributed by atoms with E-state index in [2.05, 4.69) is 15.5 Å². The van der Waals surface area contributed by atoms with Crippen LogP contribution in [0.4, 0.5) is 0 Å². The van der Waals surface area contributed by atoms with Gasteiger partial charge in [0.25, 0.3) is 0 Å². The summed E-state index contributed by atoms with van der Waals surface area (Å²) in [6.45, 7) is 1.04. The van der Waals surface area contributed by atoms with Gasteiger partial charge in [-0.15, -0.1) is 0 Å². The van der Waals surface area contributed by atoms with E-state index in [4.69, 9.17) is 14.0 Å². The summed E-state index contributed by atoms with van der Waals surface area (Å²) in [4.78, 5) is 15.9. The van der Waals surface area contributed by atoms with Crippen molar-refractivity contribution in [1.29, 1.82) is 0 Å². The van der Waals surface area contributed by atoms with Crippen LogP contribution < -0.4 is 10.1 Å². The molecule has 1 aromatic heterocycles. The summed E-state index contributed by atoms with van der Waals surface area (Å²) >= 11 is 0. The number of amides is 1. The lowest BCUT2D eigenvalue weighted by Gasteiger charge is -2.02. The molecule has 0 saturated carbocycles. The van der Waals surface area contributed by atoms with Crippen molar-refractivity contribution in [2.75, 3.05) is 27.4 Å². The van der Waals surface area contributed by atoms with Crippen LogP contribution in [0.3, 0.4) is 0 Å². The average molecular weight is 319 g/mol. The molecule has 0 aliphatic carbocycles. The van der Waals surface area contributed by atoms with Crippen LogP contribution in [0.1, 0.15) is 18.7 Å². The number of hydrogen-bond donors (Lipinski definition) is 1. The molecule has 0 aliphatic rings. The molecule has 23 heavy (non-hydrogen) atoms. The van der Waals surface area contributed by atoms with Gasteiger partial charge in [0.2, 0.25) is 17.6 Å². The summed E-state index contributed by atoms with van der Waals surface area (Å²) in [6.07, 6.45) is 1.65. The van der Waals surface area contributed by atoms with Gasteiger partial charge in [-0.2, -0.15) is 4.98 Å². The molecule has 0 spiro atoms. The van der Waals surface area contributed by atoms with Crippen molar-refractivity contribution in [2.24, 2.45) is 0 Å². The molecular formula is C16H21N3O4. The van der Waals surface area contributed by atoms with Crippen molar-refractivity contribution >= 4 is 5.91 Å². The number of hydrogen-bond acceptors (Lipinski definition) is 6. The molecule has 0 bridgehead atoms. The normalized spacial score (nSPS) is 10.5. The Morgan fingerprint density at radius 2 is 2.04 bits per heavy atom. The molecule has 0 atom stereocenters. The summed E-state index contributed by atoms with van der Waals surface area (Å²) in [6, 6.07) is 7.43. The molecule has 0 unspecified atom stereocenters. The van der Waals surface area contributed by atoms with Crippen molar-refractivity contribution < 1.29 is 18.8 Å². The zero-order chi connectivity index (χ0) is 16.5. The van der Waals surface area contributed by atoms with Crippen LogP contribution in [0.2, 0.25) is 0 Å². The smallest absolute Gasteiger partial charge is 0.226 e. The van der Waals surface area contributed by atoms with E-state index in [1.807, 2.05) is 24.3 Å². The van der Waals surface area contributed by atoms with Crippen LogP contribution >= 0.6 is 0 Å². The van der Waals surface area contributed by atoms with Gasteiger partial charge in [0.05, 0.1) is 13.7 Å². The van der Waals surface area contributed by atoms with E-state index in [0.717, 1.165) is 11.3 Å². The monoisotopic (exact) mass is 319 g/mol. The number of ether oxygens (including phenoxy) is 2. The molecule has 1 amide bonds. The van der Waals surface area contributed by atoms with Gasteiger partial charge in [0.15, 0.2) is 0 Å². The summed E-state index contributed by atoms with van der Waals surface area (Å²) < 4.78 is 15.2. The Hall–Kier alpha value is -2.41. The first-order chi connectivity index (χ1) is 11.2. The van der Waals surface area contributed by atoms with Gasteiger partial charge < -0.3 is 19.3 Å². The maximum Gasteiger partial charge on any atom is 0.226 e. The van der Waals surface area contributed by atoms with Gasteiger partial charge in [-0.05, 0) is 30.7 Å². The molecule has 1 heterocycles. The van der Waals surface area contributed by atoms with Crippen molar-refractivity contribution in [3.8, 4) is 17.1 Å². The van der Waals surface area contributed by atoms with E-state index in [1.54, 1.807) is 14.2 Å². The first kappa shape index (κ1) is 17.0. The van der Waals surface area contributed by atoms with E-state index in [9.17, 15) is 4.79 Å². The SMILES string of the molecule is COCCNC(=O)CCCc1nc(-c2ccc(OC)cc2)no1. The van der Waals surface area contributed by atoms with Crippen LogP contribution in [0.25, 0.3) is 11.4 Å². The van der Waals surface area contributed by atoms with Crippen molar-refractivity contribution in [3.63, 3.8) is 0 Å². The third kappa shape index (κ3) is 5.37. The van der Waals surface area contributed by atoms with Gasteiger partial charge in [-0.1, -0.05) is 5.16 Å². The molecule has 0 saturated heterocycles. The van der Waals surface area contributed by atoms with Gasteiger partial charge in [-0.25, -0.2) is 0 Å². The topological polar surface area (TPSA) is 86.5 Å². The minimum atomic E-state index is -0.00283. The van der Waals surface area contributed by atoms with E-state index >= 15 is 0 Å². The Kier molecular flexibility index (Phi) is 6.56. The van der Waals surface area contributed by atoms with E-state index in [0.29, 0.717) is 44.1 Å². The minimum absolute atomic E-state index is 0.00283. The molecule has 2 rings (SSSR count). The van der Waals surface area contributed by atoms with Crippen LogP contribution in [0, 0.1) is 0 Å². The third-order valence-electron chi connectivity index (χ3n) is 3.24. The fraction of sp³-hybridized carbons (Fsp3) is 0.438. The van der Waals surface area contributed by atoms with Crippen LogP contribution in [-0.4, -0.2) is 43.4 Å². The lowest BCUT2D eigenvalue weighted by Crippen LogP contribution is -2.26. The Balaban J connectivity index is 1.79. The van der Waals surface area contributed by atoms with E-state index in [-0.39, 0.29) is 5.91 Å². The number of benzene rings is 1. The van der Waals surface area contributed by atoms with Crippen molar-refractivity contribution in [3.05, 3.63) is 30.2 Å². The quantitative estimate of drug-likeness (QED) is 0.710. The maximum absolute atomic E-state index is 11.5. The predicted octanol–water partition coefficient (Wildman–Crippen LogP) is 1.83. The lowest BCUT2D eigenvalue weighted by atomic mass is 10.2. The minimum Gasteiger partial charge on any atom is -0.497 e. The average Bonchev–Trinajstić information content (AvgIpc) is 3.04. The number of rotatable bonds is 9. The number of carbonyl (C=O) groups is 1. The van der Waals surface area contributed by atoms with Crippen LogP contribution in [0.15, 0.2) is 28.8 Å². The highest BCUT2D eigenvalue weighted by atomic mass is 16.5. The molecule has 1 N–H and O–H groups in total. The molecule has 1 aromatic carbocycles. The Bertz CT molecular complexity index is 610. The van der Waals surface area contributed by atoms with Gasteiger partial charge in [0, 0.05) is 32.1 Å². The number of methoxy groups -OCH3 is 2. The number of aromatic nitrogens is 2. The second kappa shape index (κ2) is 8.89. The second-order valence-corrected chi connectivity index (χ2v) is 4.94. The van der Waals surface area contributed by atoms with Crippen LogP contribution in [-0.2, 0) is 16.0 Å². The standard InChI is InChI=1S/C16H21N3O4/c1-21-11-10-17-14(20)4-3-5-15-18-16(19-23-15)12-6-8-13(22-2)9-7-12/h6-9H,3-5,10-11H2,1-2H3,(H,17,20). The highest BCUT2D eigenvalue weighted by molar-refractivity contribution is 5.75. The summed E-state index contributed by atoms with van der Waals surface area (Å²) in [5.41, 5.74) is 0.859. The largest absolute Gasteiger partial charge is 0.497 e. The maximum atomic E-state index is 11.5. The van der Waals surface area contributed by atoms with Crippen LogP contribution in [0.5, 0.6) is 5.75 Å². The van der Waals surface area contributed by atoms with Crippen molar-refractivity contribution in [2.45, 2.75) is 19.3 Å². The first-order valence-corrected chi connectivity index (χ1v) is 7.45. The second-order valence-electron chi connectivity index (χ2n) is 4.94. The first-order valence-electron chi connectivity index (χ1n) is 7.45. The predicted molar refractivity (Wildman–Crippen MR) is 84.1 cm³/mol. The Morgan fingerprint density at radius 3 is 2.74 bits per heavy atom. The number of aryl methyl sites for hydroxylation is 1. The van der Waals surface area contributed by atoms with Gasteiger partial charge in [0.1, 0.15) is 5.75 Å². The number of nitrogens with one attached hydrogen (secondary N) is 1. The molecule has 0 fully saturated rings. The summed E-state index contributed by atoms with van der Waals surface area (Å²) in [7, 11) is 3.22. The Morgan fingerprint density at radius 1 is 1.26 bits per heavy atom. The van der Waals surface area contributed by atoms with Crippen molar-refractivity contribution in [1.82, 2.24) is 15.5 Å². The number of carbonyl (C=O) groups excluding carboxylic acids is 1. The molecule has 7 heteroatoms. The summed E-state index contributed by atoms with van der Waals surface area (Å²) in [5, 5.41) is 6.73. The molecule has 7 nitrogen and oxygen atoms in total. The highest BCUT2D eigenvalue weighted by Crippen LogP contribution is 2.20. The molecular weight excluding hydrogens is 298 g/mol. The zero-order valence-electron chi connectivity index (χ0n) is 13.4. The number of nitrogens with zero attached hydrogens (tertiary/aromatic N) is 2. The summed E-state index contributed by atoms with van der Waals surface area (Å²) in [5.74, 6) is 1.83. The lowest BCUT2D eigenvalue weighted by molar-refractivity contribution is -0.121. The molecule has 0 radical (unpaired) electrons. The fourth-order valence-corrected chi connectivity index (χ4v) is 1.99. The molecule has 124 valence electrons. The molecule has 2 aromatic rings. The third-order valence-corrected chi connectivity index (χ3v) is 3.24. The fourth-order valence-electron chi connectivity index (χ4n) is 1.99. The van der Waals surface area contributed by atoms with Gasteiger partial charge >= 0.3 is 0 Å². The van der Waals surface area contributed by atoms with Gasteiger partial charge in [-0.3, -0.25) is 4.79 Å². The van der Waals surface area contributed by atoms with E-state index < -0.39 is 0 Å². The van der Waals surface area contributed by atoms with E-state index in [1.165, 1.54) is 0 Å². The zero-order valence-corrected chi connectivity index (χ0v) is 13.4. The Labute approximate surface area is 135 Å². The molecule has 0 aliphatic heterocycles. The highest BCUT2D eigenvalue weighted by Gasteiger charge is 2.09.